The topological polar surface area (TPSA) is 82.6 Å². The highest BCUT2D eigenvalue weighted by atomic mass is 32.2. The molecule has 0 spiro atoms. The van der Waals surface area contributed by atoms with Gasteiger partial charge in [-0.05, 0) is 49.4 Å². The molecular formula is C20H28N4O2S2. The van der Waals surface area contributed by atoms with E-state index in [1.54, 1.807) is 42.1 Å². The molecule has 0 radical (unpaired) electrons. The summed E-state index contributed by atoms with van der Waals surface area (Å²) in [5.74, 6) is 0.661. The van der Waals surface area contributed by atoms with E-state index in [9.17, 15) is 8.42 Å². The smallest absolute Gasteiger partial charge is 0.240 e. The summed E-state index contributed by atoms with van der Waals surface area (Å²) in [6.07, 6.45) is 2.06. The van der Waals surface area contributed by atoms with Crippen molar-refractivity contribution >= 4 is 27.7 Å². The number of benzene rings is 2. The Morgan fingerprint density at radius 3 is 2.50 bits per heavy atom. The Morgan fingerprint density at radius 1 is 1.07 bits per heavy atom. The van der Waals surface area contributed by atoms with E-state index in [-0.39, 0.29) is 11.4 Å². The maximum Gasteiger partial charge on any atom is 0.240 e. The van der Waals surface area contributed by atoms with Crippen molar-refractivity contribution in [2.24, 2.45) is 4.99 Å². The molecule has 3 N–H and O–H groups in total. The minimum absolute atomic E-state index is 0.263. The number of nitrogens with zero attached hydrogens (tertiary/aromatic N) is 1. The molecule has 2 aromatic carbocycles. The number of aryl methyl sites for hydroxylation is 1. The molecule has 0 unspecified atom stereocenters. The second-order valence-corrected chi connectivity index (χ2v) is 8.76. The highest BCUT2D eigenvalue weighted by Crippen LogP contribution is 2.22. The average molecular weight is 421 g/mol. The van der Waals surface area contributed by atoms with Crippen molar-refractivity contribution in [3.05, 3.63) is 59.7 Å². The molecule has 8 heteroatoms. The fourth-order valence-corrected chi connectivity index (χ4v) is 4.29. The van der Waals surface area contributed by atoms with Gasteiger partial charge in [-0.25, -0.2) is 18.1 Å². The molecule has 0 saturated carbocycles. The zero-order valence-corrected chi connectivity index (χ0v) is 18.2. The zero-order chi connectivity index (χ0) is 20.4. The standard InChI is InChI=1S/C20H28N4O2S2/c1-4-21-20(23-15-17-11-10-16(2)14-19(17)27-3)22-12-13-24-28(25,26)18-8-6-5-7-9-18/h5-11,14,24H,4,12-13,15H2,1-3H3,(H2,21,22,23). The molecule has 2 aromatic rings. The molecule has 0 bridgehead atoms. The molecular weight excluding hydrogens is 392 g/mol. The SMILES string of the molecule is CCNC(=NCc1ccc(C)cc1SC)NCCNS(=O)(=O)c1ccccc1. The van der Waals surface area contributed by atoms with Gasteiger partial charge in [0, 0.05) is 24.5 Å². The summed E-state index contributed by atoms with van der Waals surface area (Å²) >= 11 is 1.71. The number of thioether (sulfide) groups is 1. The summed E-state index contributed by atoms with van der Waals surface area (Å²) in [5, 5.41) is 6.35. The summed E-state index contributed by atoms with van der Waals surface area (Å²) < 4.78 is 27.0. The van der Waals surface area contributed by atoms with Crippen molar-refractivity contribution in [1.82, 2.24) is 15.4 Å². The van der Waals surface area contributed by atoms with Gasteiger partial charge in [0.05, 0.1) is 11.4 Å². The molecule has 0 aromatic heterocycles. The lowest BCUT2D eigenvalue weighted by Gasteiger charge is -2.13. The third-order valence-corrected chi connectivity index (χ3v) is 6.25. The van der Waals surface area contributed by atoms with Crippen LogP contribution in [0.1, 0.15) is 18.1 Å². The van der Waals surface area contributed by atoms with Gasteiger partial charge in [0.15, 0.2) is 5.96 Å². The van der Waals surface area contributed by atoms with Crippen molar-refractivity contribution in [3.8, 4) is 0 Å². The first kappa shape index (κ1) is 22.3. The van der Waals surface area contributed by atoms with Crippen LogP contribution in [-0.4, -0.2) is 40.3 Å². The molecule has 0 aliphatic heterocycles. The van der Waals surface area contributed by atoms with E-state index in [1.807, 2.05) is 6.92 Å². The van der Waals surface area contributed by atoms with Crippen LogP contribution in [-0.2, 0) is 16.6 Å². The van der Waals surface area contributed by atoms with E-state index < -0.39 is 10.0 Å². The van der Waals surface area contributed by atoms with E-state index >= 15 is 0 Å². The average Bonchev–Trinajstić information content (AvgIpc) is 2.70. The van der Waals surface area contributed by atoms with Gasteiger partial charge in [-0.15, -0.1) is 11.8 Å². The van der Waals surface area contributed by atoms with Crippen molar-refractivity contribution < 1.29 is 8.42 Å². The molecule has 6 nitrogen and oxygen atoms in total. The van der Waals surface area contributed by atoms with E-state index in [4.69, 9.17) is 0 Å². The van der Waals surface area contributed by atoms with Crippen LogP contribution in [0.4, 0.5) is 0 Å². The van der Waals surface area contributed by atoms with Gasteiger partial charge in [-0.3, -0.25) is 0 Å². The number of nitrogens with one attached hydrogen (secondary N) is 3. The molecule has 0 heterocycles. The number of guanidine groups is 1. The van der Waals surface area contributed by atoms with Gasteiger partial charge in [0.25, 0.3) is 0 Å². The van der Waals surface area contributed by atoms with Crippen LogP contribution in [0.15, 0.2) is 63.3 Å². The second kappa shape index (κ2) is 11.1. The summed E-state index contributed by atoms with van der Waals surface area (Å²) in [6.45, 7) is 6.05. The number of sulfonamides is 1. The molecule has 0 saturated heterocycles. The second-order valence-electron chi connectivity index (χ2n) is 6.15. The summed E-state index contributed by atoms with van der Waals surface area (Å²) in [7, 11) is -3.49. The minimum atomic E-state index is -3.49. The van der Waals surface area contributed by atoms with Crippen molar-refractivity contribution in [1.29, 1.82) is 0 Å². The van der Waals surface area contributed by atoms with Gasteiger partial charge < -0.3 is 10.6 Å². The van der Waals surface area contributed by atoms with Gasteiger partial charge >= 0.3 is 0 Å². The van der Waals surface area contributed by atoms with E-state index in [1.165, 1.54) is 16.0 Å². The lowest BCUT2D eigenvalue weighted by Crippen LogP contribution is -2.41. The Bertz CT molecular complexity index is 884. The predicted molar refractivity (Wildman–Crippen MR) is 117 cm³/mol. The Morgan fingerprint density at radius 2 is 1.82 bits per heavy atom. The molecule has 2 rings (SSSR count). The van der Waals surface area contributed by atoms with E-state index in [0.717, 1.165) is 6.54 Å². The molecule has 152 valence electrons. The van der Waals surface area contributed by atoms with Gasteiger partial charge in [0.2, 0.25) is 10.0 Å². The van der Waals surface area contributed by atoms with Gasteiger partial charge in [-0.1, -0.05) is 30.3 Å². The Hall–Kier alpha value is -2.03. The van der Waals surface area contributed by atoms with Crippen LogP contribution in [0.5, 0.6) is 0 Å². The van der Waals surface area contributed by atoms with Crippen LogP contribution in [0.25, 0.3) is 0 Å². The van der Waals surface area contributed by atoms with Crippen LogP contribution in [0.2, 0.25) is 0 Å². The lowest BCUT2D eigenvalue weighted by atomic mass is 10.1. The first-order valence-electron chi connectivity index (χ1n) is 9.16. The third kappa shape index (κ3) is 6.85. The highest BCUT2D eigenvalue weighted by Gasteiger charge is 2.12. The molecule has 0 fully saturated rings. The first-order valence-corrected chi connectivity index (χ1v) is 11.9. The maximum atomic E-state index is 12.2. The summed E-state index contributed by atoms with van der Waals surface area (Å²) in [6, 6.07) is 14.7. The van der Waals surface area contributed by atoms with Crippen LogP contribution in [0.3, 0.4) is 0 Å². The van der Waals surface area contributed by atoms with E-state index in [0.29, 0.717) is 19.0 Å². The molecule has 0 amide bonds. The number of hydrogen-bond acceptors (Lipinski definition) is 4. The summed E-state index contributed by atoms with van der Waals surface area (Å²) in [4.78, 5) is 6.10. The van der Waals surface area contributed by atoms with Gasteiger partial charge in [0.1, 0.15) is 0 Å². The van der Waals surface area contributed by atoms with Crippen molar-refractivity contribution in [3.63, 3.8) is 0 Å². The van der Waals surface area contributed by atoms with Crippen LogP contribution >= 0.6 is 11.8 Å². The Balaban J connectivity index is 1.91. The van der Waals surface area contributed by atoms with Crippen molar-refractivity contribution in [2.75, 3.05) is 25.9 Å². The monoisotopic (exact) mass is 420 g/mol. The molecule has 28 heavy (non-hydrogen) atoms. The largest absolute Gasteiger partial charge is 0.357 e. The quantitative estimate of drug-likeness (QED) is 0.251. The van der Waals surface area contributed by atoms with E-state index in [2.05, 4.69) is 51.7 Å². The first-order chi connectivity index (χ1) is 13.5. The number of aliphatic imine (C=N–C) groups is 1. The molecule has 0 aliphatic carbocycles. The van der Waals surface area contributed by atoms with Crippen molar-refractivity contribution in [2.45, 2.75) is 30.2 Å². The van der Waals surface area contributed by atoms with Gasteiger partial charge in [-0.2, -0.15) is 0 Å². The Labute approximate surface area is 172 Å². The fraction of sp³-hybridized carbons (Fsp3) is 0.350. The third-order valence-electron chi connectivity index (χ3n) is 3.96. The Kier molecular flexibility index (Phi) is 8.82. The van der Waals surface area contributed by atoms with Crippen LogP contribution < -0.4 is 15.4 Å². The molecule has 0 aliphatic rings. The lowest BCUT2D eigenvalue weighted by molar-refractivity contribution is 0.580. The fourth-order valence-electron chi connectivity index (χ4n) is 2.54. The maximum absolute atomic E-state index is 12.2. The molecule has 0 atom stereocenters. The van der Waals surface area contributed by atoms with Crippen LogP contribution in [0, 0.1) is 6.92 Å². The normalized spacial score (nSPS) is 12.0. The zero-order valence-electron chi connectivity index (χ0n) is 16.5. The summed E-state index contributed by atoms with van der Waals surface area (Å²) in [5.41, 5.74) is 2.40. The predicted octanol–water partition coefficient (Wildman–Crippen LogP) is 2.75. The number of hydrogen-bond donors (Lipinski definition) is 3. The number of rotatable bonds is 9. The highest BCUT2D eigenvalue weighted by molar-refractivity contribution is 7.98. The minimum Gasteiger partial charge on any atom is -0.357 e.